The van der Waals surface area contributed by atoms with Crippen molar-refractivity contribution in [2.45, 2.75) is 12.0 Å². The molecule has 0 amide bonds. The van der Waals surface area contributed by atoms with E-state index in [2.05, 4.69) is 0 Å². The van der Waals surface area contributed by atoms with Crippen molar-refractivity contribution in [1.82, 2.24) is 0 Å². The van der Waals surface area contributed by atoms with Crippen molar-refractivity contribution < 1.29 is 30.0 Å². The fraction of sp³-hybridized carbons (Fsp3) is 0.188. The summed E-state index contributed by atoms with van der Waals surface area (Å²) in [7, 11) is 0. The molecule has 4 rings (SSSR count). The number of phenolic OH excluding ortho intramolecular Hbond substituents is 2. The van der Waals surface area contributed by atoms with Crippen molar-refractivity contribution in [2.24, 2.45) is 0 Å². The van der Waals surface area contributed by atoms with Gasteiger partial charge in [0.1, 0.15) is 12.2 Å². The maximum Gasteiger partial charge on any atom is 0.224 e. The van der Waals surface area contributed by atoms with Crippen molar-refractivity contribution in [3.63, 3.8) is 0 Å². The molecule has 1 aromatic carbocycles. The van der Waals surface area contributed by atoms with Crippen LogP contribution < -0.4 is 0 Å². The van der Waals surface area contributed by atoms with E-state index in [-0.39, 0.29) is 57.6 Å². The number of benzene rings is 1. The Kier molecular flexibility index (Phi) is 3.56. The van der Waals surface area contributed by atoms with Crippen LogP contribution in [-0.2, 0) is 16.0 Å². The predicted molar refractivity (Wildman–Crippen MR) is 80.9 cm³/mol. The number of fused-ring (bicyclic) bond motifs is 4. The van der Waals surface area contributed by atoms with Gasteiger partial charge < -0.3 is 25.2 Å². The van der Waals surface area contributed by atoms with Crippen molar-refractivity contribution in [3.8, 4) is 11.5 Å². The Morgan fingerprint density at radius 1 is 1.09 bits per heavy atom. The van der Waals surface area contributed by atoms with Crippen molar-refractivity contribution in [3.05, 3.63) is 52.5 Å². The standard InChI is InChI=1S/C16H12O6.Pb/c17-10-2-1-8-13-9-4-12(19)11(18)3-7(9)5-16(13,21)6-22-15(8)14(10)20;/h1-4,18-21H,5-6H2;. The summed E-state index contributed by atoms with van der Waals surface area (Å²) in [5.74, 6) is -1.58. The molecule has 4 radical (unpaired) electrons. The molecule has 0 bridgehead atoms. The number of aliphatic hydroxyl groups is 2. The van der Waals surface area contributed by atoms with Gasteiger partial charge in [0.15, 0.2) is 17.3 Å². The maximum atomic E-state index is 11.5. The molecule has 0 saturated heterocycles. The van der Waals surface area contributed by atoms with Gasteiger partial charge in [-0.05, 0) is 35.4 Å². The predicted octanol–water partition coefficient (Wildman–Crippen LogP) is 0.696. The molecule has 7 heteroatoms. The number of hydrogen-bond acceptors (Lipinski definition) is 6. The quantitative estimate of drug-likeness (QED) is 0.304. The number of hydrogen-bond donors (Lipinski definition) is 4. The Morgan fingerprint density at radius 3 is 2.52 bits per heavy atom. The van der Waals surface area contributed by atoms with Gasteiger partial charge in [0.25, 0.3) is 0 Å². The Labute approximate surface area is 151 Å². The first kappa shape index (κ1) is 16.1. The summed E-state index contributed by atoms with van der Waals surface area (Å²) in [6, 6.07) is 2.77. The molecule has 0 spiro atoms. The summed E-state index contributed by atoms with van der Waals surface area (Å²) >= 11 is 0. The zero-order valence-electron chi connectivity index (χ0n) is 11.8. The van der Waals surface area contributed by atoms with Gasteiger partial charge in [-0.25, -0.2) is 0 Å². The fourth-order valence-electron chi connectivity index (χ4n) is 3.26. The third-order valence-corrected chi connectivity index (χ3v) is 4.24. The Bertz CT molecular complexity index is 835. The second-order valence-corrected chi connectivity index (χ2v) is 5.66. The van der Waals surface area contributed by atoms with E-state index >= 15 is 0 Å². The molecule has 1 atom stereocenters. The van der Waals surface area contributed by atoms with Gasteiger partial charge in [0, 0.05) is 44.9 Å². The third-order valence-electron chi connectivity index (χ3n) is 4.24. The normalized spacial score (nSPS) is 24.7. The second-order valence-electron chi connectivity index (χ2n) is 5.66. The number of allylic oxidation sites excluding steroid dienone is 2. The summed E-state index contributed by atoms with van der Waals surface area (Å²) < 4.78 is 5.40. The van der Waals surface area contributed by atoms with Crippen molar-refractivity contribution >= 4 is 38.7 Å². The molecule has 23 heavy (non-hydrogen) atoms. The zero-order chi connectivity index (χ0) is 15.6. The summed E-state index contributed by atoms with van der Waals surface area (Å²) in [6.45, 7) is -0.122. The topological polar surface area (TPSA) is 107 Å². The number of carbonyl (C=O) groups excluding carboxylic acids is 1. The first-order valence-corrected chi connectivity index (χ1v) is 6.72. The van der Waals surface area contributed by atoms with Crippen molar-refractivity contribution in [2.75, 3.05) is 6.61 Å². The molecule has 3 aliphatic rings. The minimum Gasteiger partial charge on any atom is -0.504 e. The number of carbonyl (C=O) groups is 1. The molecular formula is C16H12O6Pb. The van der Waals surface area contributed by atoms with Crippen LogP contribution in [0.5, 0.6) is 11.5 Å². The maximum absolute atomic E-state index is 11.5. The summed E-state index contributed by atoms with van der Waals surface area (Å²) in [4.78, 5) is 11.5. The largest absolute Gasteiger partial charge is 0.504 e. The molecule has 1 aromatic rings. The molecular weight excluding hydrogens is 495 g/mol. The van der Waals surface area contributed by atoms with Gasteiger partial charge in [0.05, 0.1) is 0 Å². The van der Waals surface area contributed by atoms with E-state index in [9.17, 15) is 25.2 Å². The molecule has 0 fully saturated rings. The number of aliphatic hydroxyl groups excluding tert-OH is 1. The Balaban J connectivity index is 0.00000156. The smallest absolute Gasteiger partial charge is 0.224 e. The van der Waals surface area contributed by atoms with Crippen LogP contribution >= 0.6 is 0 Å². The van der Waals surface area contributed by atoms with E-state index in [1.54, 1.807) is 0 Å². The van der Waals surface area contributed by atoms with E-state index in [0.29, 0.717) is 22.3 Å². The van der Waals surface area contributed by atoms with Gasteiger partial charge in [-0.3, -0.25) is 4.79 Å². The summed E-state index contributed by atoms with van der Waals surface area (Å²) in [5, 5.41) is 40.1. The fourth-order valence-corrected chi connectivity index (χ4v) is 3.26. The van der Waals surface area contributed by atoms with Crippen LogP contribution in [0.15, 0.2) is 41.4 Å². The monoisotopic (exact) mass is 508 g/mol. The minimum absolute atomic E-state index is 0. The zero-order valence-corrected chi connectivity index (χ0v) is 15.7. The number of rotatable bonds is 0. The number of ether oxygens (including phenoxy) is 1. The molecule has 1 heterocycles. The molecule has 116 valence electrons. The van der Waals surface area contributed by atoms with Crippen LogP contribution in [0.2, 0.25) is 0 Å². The summed E-state index contributed by atoms with van der Waals surface area (Å²) in [6.07, 6.45) is 2.90. The van der Waals surface area contributed by atoms with Crippen LogP contribution in [-0.4, -0.2) is 65.7 Å². The third kappa shape index (κ3) is 2.12. The molecule has 1 unspecified atom stereocenters. The average molecular weight is 507 g/mol. The van der Waals surface area contributed by atoms with Gasteiger partial charge >= 0.3 is 0 Å². The van der Waals surface area contributed by atoms with Crippen LogP contribution in [0.4, 0.5) is 0 Å². The van der Waals surface area contributed by atoms with Gasteiger partial charge in [-0.15, -0.1) is 0 Å². The van der Waals surface area contributed by atoms with E-state index < -0.39 is 17.1 Å². The molecule has 1 aliphatic heterocycles. The van der Waals surface area contributed by atoms with E-state index in [0.717, 1.165) is 0 Å². The number of aromatic hydroxyl groups is 2. The van der Waals surface area contributed by atoms with Gasteiger partial charge in [-0.2, -0.15) is 0 Å². The average Bonchev–Trinajstić information content (AvgIpc) is 2.75. The van der Waals surface area contributed by atoms with Crippen LogP contribution in [0.25, 0.3) is 5.57 Å². The molecule has 0 saturated carbocycles. The van der Waals surface area contributed by atoms with Crippen molar-refractivity contribution in [1.29, 1.82) is 0 Å². The molecule has 6 nitrogen and oxygen atoms in total. The first-order chi connectivity index (χ1) is 10.4. The molecule has 4 N–H and O–H groups in total. The van der Waals surface area contributed by atoms with Crippen LogP contribution in [0, 0.1) is 0 Å². The number of phenols is 2. The van der Waals surface area contributed by atoms with E-state index in [1.807, 2.05) is 0 Å². The van der Waals surface area contributed by atoms with Gasteiger partial charge in [-0.1, -0.05) is 0 Å². The first-order valence-electron chi connectivity index (χ1n) is 6.72. The molecule has 0 aromatic heterocycles. The Hall–Kier alpha value is -1.81. The second kappa shape index (κ2) is 5.10. The van der Waals surface area contributed by atoms with Gasteiger partial charge in [0.2, 0.25) is 11.5 Å². The Morgan fingerprint density at radius 2 is 1.78 bits per heavy atom. The molecule has 2 aliphatic carbocycles. The SMILES string of the molecule is O=C1C=CC2=C3c4cc(O)c(O)cc4CC3(O)COC2=C1O.[Pb]. The van der Waals surface area contributed by atoms with E-state index in [4.69, 9.17) is 4.74 Å². The van der Waals surface area contributed by atoms with Crippen LogP contribution in [0.3, 0.4) is 0 Å². The number of ketones is 1. The van der Waals surface area contributed by atoms with Crippen LogP contribution in [0.1, 0.15) is 11.1 Å². The van der Waals surface area contributed by atoms with E-state index in [1.165, 1.54) is 24.3 Å². The minimum atomic E-state index is -1.33. The summed E-state index contributed by atoms with van der Waals surface area (Å²) in [5.41, 5.74) is 0.797.